The number of benzene rings is 3. The number of carbonyl (C=O) groups is 1. The molecule has 1 aliphatic rings. The van der Waals surface area contributed by atoms with E-state index >= 15 is 0 Å². The van der Waals surface area contributed by atoms with Crippen LogP contribution in [0.1, 0.15) is 32.6 Å². The minimum Gasteiger partial charge on any atom is -0.399 e. The van der Waals surface area contributed by atoms with Crippen LogP contribution >= 0.6 is 0 Å². The molecule has 3 aromatic rings. The molecule has 0 fully saturated rings. The first-order valence-corrected chi connectivity index (χ1v) is 9.68. The summed E-state index contributed by atoms with van der Waals surface area (Å²) >= 11 is 0. The van der Waals surface area contributed by atoms with Crippen molar-refractivity contribution >= 4 is 17.6 Å². The largest absolute Gasteiger partial charge is 0.399 e. The molecule has 2 N–H and O–H groups in total. The van der Waals surface area contributed by atoms with Gasteiger partial charge in [0.15, 0.2) is 5.78 Å². The van der Waals surface area contributed by atoms with E-state index in [0.717, 1.165) is 44.5 Å². The molecule has 0 saturated heterocycles. The fourth-order valence-corrected chi connectivity index (χ4v) is 3.59. The Balaban J connectivity index is 1.46. The van der Waals surface area contributed by atoms with Gasteiger partial charge < -0.3 is 5.73 Å². The summed E-state index contributed by atoms with van der Waals surface area (Å²) in [5.74, 6) is 0.146. The summed E-state index contributed by atoms with van der Waals surface area (Å²) in [6.45, 7) is 5.78. The van der Waals surface area contributed by atoms with Crippen LogP contribution in [0.5, 0.6) is 0 Å². The fourth-order valence-electron chi connectivity index (χ4n) is 3.59. The predicted molar refractivity (Wildman–Crippen MR) is 121 cm³/mol. The summed E-state index contributed by atoms with van der Waals surface area (Å²) in [5.41, 5.74) is 14.6. The highest BCUT2D eigenvalue weighted by molar-refractivity contribution is 6.13. The average molecular weight is 377 g/mol. The fraction of sp³-hybridized carbons (Fsp3) is 0.0741. The van der Waals surface area contributed by atoms with Crippen molar-refractivity contribution in [3.63, 3.8) is 0 Å². The summed E-state index contributed by atoms with van der Waals surface area (Å²) in [4.78, 5) is 12.5. The SMILES string of the molecule is C=C(N)c1ccc(-c2ccc(/C=C/C=C3\Cc4ccc(C)cc4C3=O)cc2)cc1. The Morgan fingerprint density at radius 1 is 0.966 bits per heavy atom. The molecule has 0 amide bonds. The lowest BCUT2D eigenvalue weighted by molar-refractivity contribution is 0.103. The zero-order valence-electron chi connectivity index (χ0n) is 16.5. The van der Waals surface area contributed by atoms with E-state index in [9.17, 15) is 4.79 Å². The van der Waals surface area contributed by atoms with E-state index in [1.165, 1.54) is 0 Å². The van der Waals surface area contributed by atoms with Gasteiger partial charge in [0.25, 0.3) is 0 Å². The van der Waals surface area contributed by atoms with Crippen molar-refractivity contribution < 1.29 is 4.79 Å². The van der Waals surface area contributed by atoms with E-state index in [2.05, 4.69) is 43.0 Å². The minimum atomic E-state index is 0.146. The van der Waals surface area contributed by atoms with Gasteiger partial charge in [0, 0.05) is 23.3 Å². The van der Waals surface area contributed by atoms with E-state index in [0.29, 0.717) is 12.1 Å². The van der Waals surface area contributed by atoms with Crippen LogP contribution in [0, 0.1) is 6.92 Å². The molecular formula is C27H23NO. The molecule has 3 aromatic carbocycles. The van der Waals surface area contributed by atoms with Crippen LogP contribution in [0.3, 0.4) is 0 Å². The molecule has 0 aromatic heterocycles. The monoisotopic (exact) mass is 377 g/mol. The zero-order chi connectivity index (χ0) is 20.4. The Labute approximate surface area is 171 Å². The lowest BCUT2D eigenvalue weighted by Gasteiger charge is -2.04. The number of rotatable bonds is 4. The number of nitrogens with two attached hydrogens (primary N) is 1. The highest BCUT2D eigenvalue weighted by atomic mass is 16.1. The summed E-state index contributed by atoms with van der Waals surface area (Å²) in [5, 5.41) is 0. The van der Waals surface area contributed by atoms with Crippen LogP contribution in [0.25, 0.3) is 22.9 Å². The van der Waals surface area contributed by atoms with Crippen LogP contribution in [0.4, 0.5) is 0 Å². The molecule has 0 heterocycles. The second-order valence-corrected chi connectivity index (χ2v) is 7.44. The Hall–Kier alpha value is -3.65. The van der Waals surface area contributed by atoms with Crippen molar-refractivity contribution in [2.45, 2.75) is 13.3 Å². The molecule has 4 rings (SSSR count). The van der Waals surface area contributed by atoms with Gasteiger partial charge in [-0.05, 0) is 40.8 Å². The van der Waals surface area contributed by atoms with Crippen molar-refractivity contribution in [3.8, 4) is 11.1 Å². The van der Waals surface area contributed by atoms with Gasteiger partial charge in [0.1, 0.15) is 0 Å². The first kappa shape index (κ1) is 18.7. The maximum Gasteiger partial charge on any atom is 0.189 e. The molecule has 0 bridgehead atoms. The zero-order valence-corrected chi connectivity index (χ0v) is 16.5. The number of hydrogen-bond acceptors (Lipinski definition) is 2. The van der Waals surface area contributed by atoms with Gasteiger partial charge in [0.05, 0.1) is 0 Å². The summed E-state index contributed by atoms with van der Waals surface area (Å²) in [7, 11) is 0. The van der Waals surface area contributed by atoms with Crippen molar-refractivity contribution in [1.82, 2.24) is 0 Å². The van der Waals surface area contributed by atoms with Crippen LogP contribution in [-0.4, -0.2) is 5.78 Å². The second kappa shape index (κ2) is 7.76. The van der Waals surface area contributed by atoms with Gasteiger partial charge in [0.2, 0.25) is 0 Å². The molecule has 0 radical (unpaired) electrons. The molecule has 0 aliphatic heterocycles. The molecule has 2 nitrogen and oxygen atoms in total. The Bertz CT molecular complexity index is 1150. The predicted octanol–water partition coefficient (Wildman–Crippen LogP) is 5.97. The third-order valence-electron chi connectivity index (χ3n) is 5.27. The highest BCUT2D eigenvalue weighted by Crippen LogP contribution is 2.27. The third-order valence-corrected chi connectivity index (χ3v) is 5.27. The van der Waals surface area contributed by atoms with Gasteiger partial charge in [-0.25, -0.2) is 0 Å². The molecule has 29 heavy (non-hydrogen) atoms. The maximum absolute atomic E-state index is 12.5. The quantitative estimate of drug-likeness (QED) is 0.569. The van der Waals surface area contributed by atoms with Crippen LogP contribution in [-0.2, 0) is 6.42 Å². The molecule has 0 spiro atoms. The van der Waals surface area contributed by atoms with Gasteiger partial charge >= 0.3 is 0 Å². The van der Waals surface area contributed by atoms with Crippen molar-refractivity contribution in [3.05, 3.63) is 119 Å². The Kier molecular flexibility index (Phi) is 5.01. The molecular weight excluding hydrogens is 354 g/mol. The second-order valence-electron chi connectivity index (χ2n) is 7.44. The van der Waals surface area contributed by atoms with E-state index < -0.39 is 0 Å². The molecule has 0 unspecified atom stereocenters. The van der Waals surface area contributed by atoms with Crippen molar-refractivity contribution in [2.75, 3.05) is 0 Å². The number of Topliss-reactive ketones (excluding diaryl/α,β-unsaturated/α-hetero) is 1. The standard InChI is InChI=1S/C27H23NO/c1-18-6-9-24-17-25(27(29)26(24)16-18)5-3-4-20-7-10-22(11-8-20)23-14-12-21(13-15-23)19(2)28/h3-16H,2,17,28H2,1H3/b4-3+,25-5+. The third kappa shape index (κ3) is 3.97. The molecule has 2 heteroatoms. The first-order valence-electron chi connectivity index (χ1n) is 9.68. The van der Waals surface area contributed by atoms with E-state index in [-0.39, 0.29) is 5.78 Å². The summed E-state index contributed by atoms with van der Waals surface area (Å²) in [6.07, 6.45) is 6.63. The molecule has 1 aliphatic carbocycles. The van der Waals surface area contributed by atoms with Gasteiger partial charge in [-0.3, -0.25) is 4.79 Å². The molecule has 0 atom stereocenters. The number of ketones is 1. The first-order chi connectivity index (χ1) is 14.0. The number of fused-ring (bicyclic) bond motifs is 1. The van der Waals surface area contributed by atoms with E-state index in [1.807, 2.05) is 55.5 Å². The highest BCUT2D eigenvalue weighted by Gasteiger charge is 2.23. The van der Waals surface area contributed by atoms with E-state index in [1.54, 1.807) is 0 Å². The summed E-state index contributed by atoms with van der Waals surface area (Å²) in [6, 6.07) is 22.5. The topological polar surface area (TPSA) is 43.1 Å². The average Bonchev–Trinajstić information content (AvgIpc) is 3.04. The van der Waals surface area contributed by atoms with Crippen molar-refractivity contribution in [2.24, 2.45) is 5.73 Å². The van der Waals surface area contributed by atoms with Gasteiger partial charge in [-0.1, -0.05) is 91.0 Å². The summed E-state index contributed by atoms with van der Waals surface area (Å²) < 4.78 is 0. The normalized spacial score (nSPS) is 14.5. The lowest BCUT2D eigenvalue weighted by atomic mass is 10.0. The van der Waals surface area contributed by atoms with Crippen LogP contribution < -0.4 is 5.73 Å². The van der Waals surface area contributed by atoms with E-state index in [4.69, 9.17) is 5.73 Å². The minimum absolute atomic E-state index is 0.146. The maximum atomic E-state index is 12.5. The number of aryl methyl sites for hydroxylation is 1. The van der Waals surface area contributed by atoms with Crippen LogP contribution in [0.2, 0.25) is 0 Å². The smallest absolute Gasteiger partial charge is 0.189 e. The number of allylic oxidation sites excluding steroid dienone is 3. The Morgan fingerprint density at radius 3 is 2.28 bits per heavy atom. The van der Waals surface area contributed by atoms with Crippen LogP contribution in [0.15, 0.2) is 91.0 Å². The molecule has 142 valence electrons. The Morgan fingerprint density at radius 2 is 1.62 bits per heavy atom. The lowest BCUT2D eigenvalue weighted by Crippen LogP contribution is -1.95. The number of hydrogen-bond donors (Lipinski definition) is 1. The number of carbonyl (C=O) groups excluding carboxylic acids is 1. The van der Waals surface area contributed by atoms with Gasteiger partial charge in [-0.15, -0.1) is 0 Å². The van der Waals surface area contributed by atoms with Crippen molar-refractivity contribution in [1.29, 1.82) is 0 Å². The van der Waals surface area contributed by atoms with Gasteiger partial charge in [-0.2, -0.15) is 0 Å². The molecule has 0 saturated carbocycles.